The van der Waals surface area contributed by atoms with Crippen molar-refractivity contribution in [1.29, 1.82) is 0 Å². The maximum Gasteiger partial charge on any atom is 0.305 e. The first kappa shape index (κ1) is 19.9. The molecule has 1 heterocycles. The van der Waals surface area contributed by atoms with Crippen molar-refractivity contribution in [2.24, 2.45) is 0 Å². The lowest BCUT2D eigenvalue weighted by Crippen LogP contribution is -2.42. The summed E-state index contributed by atoms with van der Waals surface area (Å²) in [5.74, 6) is 1.70. The van der Waals surface area contributed by atoms with E-state index in [2.05, 4.69) is 30.7 Å². The second-order valence-corrected chi connectivity index (χ2v) is 8.27. The molecule has 1 aromatic carbocycles. The van der Waals surface area contributed by atoms with Crippen molar-refractivity contribution in [2.75, 3.05) is 20.0 Å². The maximum absolute atomic E-state index is 11.2. The molecular weight excluding hydrogens is 336 g/mol. The highest BCUT2D eigenvalue weighted by molar-refractivity contribution is 8.00. The number of hydrogen-bond acceptors (Lipinski definition) is 5. The summed E-state index contributed by atoms with van der Waals surface area (Å²) in [7, 11) is 3.11. The van der Waals surface area contributed by atoms with Gasteiger partial charge < -0.3 is 14.2 Å². The van der Waals surface area contributed by atoms with E-state index in [-0.39, 0.29) is 10.9 Å². The first-order chi connectivity index (χ1) is 11.9. The number of benzene rings is 1. The van der Waals surface area contributed by atoms with Crippen LogP contribution in [0.15, 0.2) is 36.4 Å². The molecule has 1 aliphatic rings. The molecule has 0 N–H and O–H groups in total. The van der Waals surface area contributed by atoms with Gasteiger partial charge in [-0.2, -0.15) is 0 Å². The van der Waals surface area contributed by atoms with Gasteiger partial charge in [0.05, 0.1) is 14.2 Å². The molecule has 1 fully saturated rings. The fraction of sp³-hybridized carbons (Fsp3) is 0.550. The molecular formula is C20H28O4S. The van der Waals surface area contributed by atoms with Gasteiger partial charge >= 0.3 is 5.97 Å². The van der Waals surface area contributed by atoms with E-state index in [1.165, 1.54) is 7.11 Å². The number of methoxy groups -OCH3 is 2. The number of rotatable bonds is 7. The molecule has 1 aromatic rings. The van der Waals surface area contributed by atoms with E-state index in [1.54, 1.807) is 7.11 Å². The van der Waals surface area contributed by atoms with Gasteiger partial charge in [0.1, 0.15) is 16.3 Å². The monoisotopic (exact) mass is 364 g/mol. The van der Waals surface area contributed by atoms with Gasteiger partial charge in [-0.15, -0.1) is 11.8 Å². The van der Waals surface area contributed by atoms with Crippen LogP contribution in [-0.4, -0.2) is 30.9 Å². The molecule has 1 atom stereocenters. The zero-order valence-electron chi connectivity index (χ0n) is 15.5. The van der Waals surface area contributed by atoms with E-state index in [9.17, 15) is 4.79 Å². The number of carbonyl (C=O) groups excluding carboxylic acids is 1. The standard InChI is InChI=1S/C20H28O4S/c1-19(2)24-20(14-15-25-19,13-9-5-6-12-18(21)23-4)16-10-7-8-11-17(16)22-3/h5,7-11H,6,12-15H2,1-4H3. The van der Waals surface area contributed by atoms with Crippen LogP contribution in [0.25, 0.3) is 0 Å². The van der Waals surface area contributed by atoms with Crippen molar-refractivity contribution in [3.05, 3.63) is 42.0 Å². The first-order valence-electron chi connectivity index (χ1n) is 8.62. The molecule has 5 heteroatoms. The minimum atomic E-state index is -0.414. The minimum Gasteiger partial charge on any atom is -0.496 e. The summed E-state index contributed by atoms with van der Waals surface area (Å²) in [6.07, 6.45) is 6.89. The number of ether oxygens (including phenoxy) is 3. The van der Waals surface area contributed by atoms with Crippen molar-refractivity contribution in [1.82, 2.24) is 0 Å². The predicted molar refractivity (Wildman–Crippen MR) is 102 cm³/mol. The summed E-state index contributed by atoms with van der Waals surface area (Å²) >= 11 is 1.83. The van der Waals surface area contributed by atoms with Crippen molar-refractivity contribution < 1.29 is 19.0 Å². The Kier molecular flexibility index (Phi) is 6.96. The molecule has 2 rings (SSSR count). The molecule has 0 spiro atoms. The molecule has 1 saturated heterocycles. The SMILES string of the molecule is COC(=O)CCC=CCC1(c2ccccc2OC)CCSC(C)(C)O1. The Hall–Kier alpha value is -1.46. The van der Waals surface area contributed by atoms with E-state index in [1.807, 2.05) is 36.0 Å². The van der Waals surface area contributed by atoms with E-state index in [4.69, 9.17) is 9.47 Å². The zero-order valence-corrected chi connectivity index (χ0v) is 16.4. The number of carbonyl (C=O) groups is 1. The highest BCUT2D eigenvalue weighted by Crippen LogP contribution is 2.49. The Morgan fingerprint density at radius 1 is 1.28 bits per heavy atom. The average Bonchev–Trinajstić information content (AvgIpc) is 2.60. The Balaban J connectivity index is 2.21. The fourth-order valence-electron chi connectivity index (χ4n) is 3.17. The van der Waals surface area contributed by atoms with Crippen LogP contribution in [0.2, 0.25) is 0 Å². The Labute approximate surface area is 154 Å². The normalized spacial score (nSPS) is 22.7. The van der Waals surface area contributed by atoms with Crippen LogP contribution < -0.4 is 4.74 Å². The first-order valence-corrected chi connectivity index (χ1v) is 9.60. The van der Waals surface area contributed by atoms with Crippen LogP contribution in [0.5, 0.6) is 5.75 Å². The van der Waals surface area contributed by atoms with Crippen molar-refractivity contribution in [2.45, 2.75) is 50.1 Å². The molecule has 0 amide bonds. The van der Waals surface area contributed by atoms with Crippen LogP contribution in [0.1, 0.15) is 45.1 Å². The van der Waals surface area contributed by atoms with Gasteiger partial charge in [0.25, 0.3) is 0 Å². The summed E-state index contributed by atoms with van der Waals surface area (Å²) in [5.41, 5.74) is 0.673. The van der Waals surface area contributed by atoms with E-state index >= 15 is 0 Å². The average molecular weight is 365 g/mol. The maximum atomic E-state index is 11.2. The largest absolute Gasteiger partial charge is 0.496 e. The highest BCUT2D eigenvalue weighted by atomic mass is 32.2. The van der Waals surface area contributed by atoms with Crippen LogP contribution in [0, 0.1) is 0 Å². The topological polar surface area (TPSA) is 44.8 Å². The van der Waals surface area contributed by atoms with E-state index in [0.29, 0.717) is 12.8 Å². The zero-order chi connectivity index (χ0) is 18.3. The third-order valence-corrected chi connectivity index (χ3v) is 5.54. The quantitative estimate of drug-likeness (QED) is 0.519. The molecule has 25 heavy (non-hydrogen) atoms. The highest BCUT2D eigenvalue weighted by Gasteiger charge is 2.43. The minimum absolute atomic E-state index is 0.185. The summed E-state index contributed by atoms with van der Waals surface area (Å²) in [6, 6.07) is 8.08. The third kappa shape index (κ3) is 5.25. The molecule has 0 radical (unpaired) electrons. The van der Waals surface area contributed by atoms with Gasteiger partial charge in [-0.25, -0.2) is 0 Å². The van der Waals surface area contributed by atoms with Gasteiger partial charge in [0, 0.05) is 12.0 Å². The molecule has 0 bridgehead atoms. The molecule has 0 aliphatic carbocycles. The molecule has 138 valence electrons. The van der Waals surface area contributed by atoms with Gasteiger partial charge in [-0.05, 0) is 44.9 Å². The summed E-state index contributed by atoms with van der Waals surface area (Å²) in [5, 5.41) is 0. The Bertz CT molecular complexity index is 611. The van der Waals surface area contributed by atoms with Gasteiger partial charge in [0.15, 0.2) is 0 Å². The number of allylic oxidation sites excluding steroid dienone is 1. The number of thioether (sulfide) groups is 1. The molecule has 0 aromatic heterocycles. The smallest absolute Gasteiger partial charge is 0.305 e. The predicted octanol–water partition coefficient (Wildman–Crippen LogP) is 4.68. The summed E-state index contributed by atoms with van der Waals surface area (Å²) in [6.45, 7) is 4.23. The number of hydrogen-bond donors (Lipinski definition) is 0. The van der Waals surface area contributed by atoms with Gasteiger partial charge in [0.2, 0.25) is 0 Å². The van der Waals surface area contributed by atoms with Crippen LogP contribution in [-0.2, 0) is 19.9 Å². The second kappa shape index (κ2) is 8.77. The van der Waals surface area contributed by atoms with E-state index in [0.717, 1.165) is 29.9 Å². The van der Waals surface area contributed by atoms with Gasteiger partial charge in [-0.1, -0.05) is 30.4 Å². The lowest BCUT2D eigenvalue weighted by atomic mass is 9.86. The number of para-hydroxylation sites is 1. The summed E-state index contributed by atoms with van der Waals surface area (Å²) in [4.78, 5) is 11.0. The third-order valence-electron chi connectivity index (χ3n) is 4.35. The van der Waals surface area contributed by atoms with E-state index < -0.39 is 5.60 Å². The van der Waals surface area contributed by atoms with Crippen molar-refractivity contribution in [3.63, 3.8) is 0 Å². The lowest BCUT2D eigenvalue weighted by Gasteiger charge is -2.45. The summed E-state index contributed by atoms with van der Waals surface area (Å²) < 4.78 is 16.8. The van der Waals surface area contributed by atoms with Crippen LogP contribution in [0.4, 0.5) is 0 Å². The molecule has 4 nitrogen and oxygen atoms in total. The van der Waals surface area contributed by atoms with Crippen molar-refractivity contribution >= 4 is 17.7 Å². The van der Waals surface area contributed by atoms with Crippen LogP contribution >= 0.6 is 11.8 Å². The van der Waals surface area contributed by atoms with Gasteiger partial charge in [-0.3, -0.25) is 4.79 Å². The Morgan fingerprint density at radius 2 is 2.04 bits per heavy atom. The Morgan fingerprint density at radius 3 is 2.72 bits per heavy atom. The molecule has 1 aliphatic heterocycles. The molecule has 1 unspecified atom stereocenters. The number of esters is 1. The second-order valence-electron chi connectivity index (χ2n) is 6.59. The molecule has 0 saturated carbocycles. The fourth-order valence-corrected chi connectivity index (χ4v) is 4.31. The van der Waals surface area contributed by atoms with Crippen molar-refractivity contribution in [3.8, 4) is 5.75 Å². The van der Waals surface area contributed by atoms with Crippen LogP contribution in [0.3, 0.4) is 0 Å². The lowest BCUT2D eigenvalue weighted by molar-refractivity contribution is -0.140.